The molecule has 0 aliphatic heterocycles. The molecule has 2 aromatic heterocycles. The Morgan fingerprint density at radius 2 is 2.00 bits per heavy atom. The molecule has 0 saturated carbocycles. The molecule has 0 amide bonds. The first-order chi connectivity index (χ1) is 9.24. The van der Waals surface area contributed by atoms with Crippen molar-refractivity contribution in [2.75, 3.05) is 17.2 Å². The van der Waals surface area contributed by atoms with Crippen LogP contribution in [0.15, 0.2) is 18.7 Å². The van der Waals surface area contributed by atoms with Crippen molar-refractivity contribution in [3.63, 3.8) is 0 Å². The number of hydrogen-bond acceptors (Lipinski definition) is 5. The molecule has 0 fully saturated rings. The highest BCUT2D eigenvalue weighted by Crippen LogP contribution is 2.23. The molecule has 0 atom stereocenters. The Balaban J connectivity index is 2.24. The molecule has 0 aromatic carbocycles. The van der Waals surface area contributed by atoms with Crippen LogP contribution < -0.4 is 10.6 Å². The second kappa shape index (κ2) is 6.17. The van der Waals surface area contributed by atoms with Crippen molar-refractivity contribution in [1.29, 1.82) is 0 Å². The minimum absolute atomic E-state index is 0.837. The van der Waals surface area contributed by atoms with Crippen LogP contribution in [-0.2, 0) is 13.5 Å². The van der Waals surface area contributed by atoms with Crippen LogP contribution >= 0.6 is 0 Å². The zero-order valence-corrected chi connectivity index (χ0v) is 11.6. The quantitative estimate of drug-likeness (QED) is 0.834. The molecule has 0 unspecified atom stereocenters. The van der Waals surface area contributed by atoms with E-state index in [4.69, 9.17) is 0 Å². The zero-order chi connectivity index (χ0) is 13.7. The van der Waals surface area contributed by atoms with Crippen LogP contribution in [0.25, 0.3) is 0 Å². The van der Waals surface area contributed by atoms with Gasteiger partial charge in [0, 0.05) is 25.4 Å². The van der Waals surface area contributed by atoms with E-state index in [1.807, 2.05) is 13.2 Å². The molecule has 102 valence electrons. The number of rotatable bonds is 6. The summed E-state index contributed by atoms with van der Waals surface area (Å²) in [5.41, 5.74) is 2.03. The van der Waals surface area contributed by atoms with Crippen LogP contribution in [0, 0.1) is 0 Å². The lowest BCUT2D eigenvalue weighted by Gasteiger charge is -2.13. The van der Waals surface area contributed by atoms with Gasteiger partial charge in [-0.2, -0.15) is 5.10 Å². The van der Waals surface area contributed by atoms with Gasteiger partial charge in [0.15, 0.2) is 0 Å². The number of anilines is 3. The summed E-state index contributed by atoms with van der Waals surface area (Å²) in [5, 5.41) is 10.8. The van der Waals surface area contributed by atoms with E-state index >= 15 is 0 Å². The number of nitrogens with zero attached hydrogens (tertiary/aromatic N) is 4. The van der Waals surface area contributed by atoms with E-state index in [9.17, 15) is 0 Å². The van der Waals surface area contributed by atoms with Crippen LogP contribution in [0.1, 0.15) is 25.8 Å². The first kappa shape index (κ1) is 13.3. The SMILES string of the molecule is CCCNc1ncnc(Nc2cnn(C)c2)c1CC. The van der Waals surface area contributed by atoms with E-state index in [2.05, 4.69) is 39.5 Å². The van der Waals surface area contributed by atoms with E-state index in [0.29, 0.717) is 0 Å². The highest BCUT2D eigenvalue weighted by atomic mass is 15.3. The first-order valence-corrected chi connectivity index (χ1v) is 6.58. The van der Waals surface area contributed by atoms with Crippen LogP contribution in [-0.4, -0.2) is 26.3 Å². The maximum Gasteiger partial charge on any atom is 0.139 e. The van der Waals surface area contributed by atoms with Gasteiger partial charge in [-0.15, -0.1) is 0 Å². The Labute approximate surface area is 113 Å². The van der Waals surface area contributed by atoms with Gasteiger partial charge in [-0.1, -0.05) is 13.8 Å². The second-order valence-corrected chi connectivity index (χ2v) is 4.36. The van der Waals surface area contributed by atoms with Crippen LogP contribution in [0.4, 0.5) is 17.3 Å². The van der Waals surface area contributed by atoms with Gasteiger partial charge in [-0.3, -0.25) is 4.68 Å². The molecule has 19 heavy (non-hydrogen) atoms. The minimum Gasteiger partial charge on any atom is -0.370 e. The van der Waals surface area contributed by atoms with Crippen molar-refractivity contribution in [3.8, 4) is 0 Å². The zero-order valence-electron chi connectivity index (χ0n) is 11.6. The molecular weight excluding hydrogens is 240 g/mol. The van der Waals surface area contributed by atoms with Gasteiger partial charge in [0.25, 0.3) is 0 Å². The third-order valence-electron chi connectivity index (χ3n) is 2.81. The Kier molecular flexibility index (Phi) is 4.33. The maximum absolute atomic E-state index is 4.32. The molecule has 2 aromatic rings. The Morgan fingerprint density at radius 1 is 1.21 bits per heavy atom. The molecule has 6 nitrogen and oxygen atoms in total. The third kappa shape index (κ3) is 3.21. The number of nitrogens with one attached hydrogen (secondary N) is 2. The van der Waals surface area contributed by atoms with Gasteiger partial charge < -0.3 is 10.6 Å². The Morgan fingerprint density at radius 3 is 2.63 bits per heavy atom. The predicted octanol–water partition coefficient (Wildman–Crippen LogP) is 2.34. The van der Waals surface area contributed by atoms with Crippen molar-refractivity contribution < 1.29 is 0 Å². The molecule has 0 aliphatic carbocycles. The molecule has 2 rings (SSSR count). The molecular formula is C13H20N6. The molecule has 2 heterocycles. The fraction of sp³-hybridized carbons (Fsp3) is 0.462. The summed E-state index contributed by atoms with van der Waals surface area (Å²) in [6, 6.07) is 0. The maximum atomic E-state index is 4.32. The van der Waals surface area contributed by atoms with E-state index in [0.717, 1.165) is 42.3 Å². The van der Waals surface area contributed by atoms with Gasteiger partial charge in [0.2, 0.25) is 0 Å². The summed E-state index contributed by atoms with van der Waals surface area (Å²) < 4.78 is 1.76. The standard InChI is InChI=1S/C13H20N6/c1-4-6-14-12-11(5-2)13(16-9-15-12)18-10-7-17-19(3)8-10/h7-9H,4-6H2,1-3H3,(H2,14,15,16,18). The minimum atomic E-state index is 0.837. The average Bonchev–Trinajstić information content (AvgIpc) is 2.82. The summed E-state index contributed by atoms with van der Waals surface area (Å²) in [6.45, 7) is 5.15. The van der Waals surface area contributed by atoms with E-state index < -0.39 is 0 Å². The van der Waals surface area contributed by atoms with Crippen molar-refractivity contribution >= 4 is 17.3 Å². The average molecular weight is 260 g/mol. The summed E-state index contributed by atoms with van der Waals surface area (Å²) >= 11 is 0. The fourth-order valence-corrected chi connectivity index (χ4v) is 1.87. The second-order valence-electron chi connectivity index (χ2n) is 4.36. The molecule has 0 radical (unpaired) electrons. The molecule has 0 spiro atoms. The first-order valence-electron chi connectivity index (χ1n) is 6.58. The summed E-state index contributed by atoms with van der Waals surface area (Å²) in [6.07, 6.45) is 7.21. The normalized spacial score (nSPS) is 10.5. The van der Waals surface area contributed by atoms with Crippen LogP contribution in [0.2, 0.25) is 0 Å². The van der Waals surface area contributed by atoms with Gasteiger partial charge in [-0.05, 0) is 12.8 Å². The van der Waals surface area contributed by atoms with Crippen molar-refractivity contribution in [1.82, 2.24) is 19.7 Å². The van der Waals surface area contributed by atoms with Crippen molar-refractivity contribution in [2.24, 2.45) is 7.05 Å². The van der Waals surface area contributed by atoms with Gasteiger partial charge in [0.05, 0.1) is 11.9 Å². The molecule has 0 bridgehead atoms. The van der Waals surface area contributed by atoms with Gasteiger partial charge in [0.1, 0.15) is 18.0 Å². The largest absolute Gasteiger partial charge is 0.370 e. The van der Waals surface area contributed by atoms with Gasteiger partial charge >= 0.3 is 0 Å². The van der Waals surface area contributed by atoms with Gasteiger partial charge in [-0.25, -0.2) is 9.97 Å². The fourth-order valence-electron chi connectivity index (χ4n) is 1.87. The Hall–Kier alpha value is -2.11. The lowest BCUT2D eigenvalue weighted by Crippen LogP contribution is -2.08. The van der Waals surface area contributed by atoms with E-state index in [-0.39, 0.29) is 0 Å². The highest BCUT2D eigenvalue weighted by molar-refractivity contribution is 5.63. The van der Waals surface area contributed by atoms with Crippen molar-refractivity contribution in [2.45, 2.75) is 26.7 Å². The lowest BCUT2D eigenvalue weighted by atomic mass is 10.2. The summed E-state index contributed by atoms with van der Waals surface area (Å²) in [5.74, 6) is 1.75. The Bertz CT molecular complexity index is 534. The third-order valence-corrected chi connectivity index (χ3v) is 2.81. The number of aryl methyl sites for hydroxylation is 1. The topological polar surface area (TPSA) is 67.7 Å². The predicted molar refractivity (Wildman–Crippen MR) is 76.7 cm³/mol. The highest BCUT2D eigenvalue weighted by Gasteiger charge is 2.10. The van der Waals surface area contributed by atoms with E-state index in [1.54, 1.807) is 17.2 Å². The van der Waals surface area contributed by atoms with Crippen LogP contribution in [0.5, 0.6) is 0 Å². The summed E-state index contributed by atoms with van der Waals surface area (Å²) in [7, 11) is 1.89. The number of aromatic nitrogens is 4. The molecule has 0 aliphatic rings. The molecule has 0 saturated heterocycles. The summed E-state index contributed by atoms with van der Waals surface area (Å²) in [4.78, 5) is 8.64. The van der Waals surface area contributed by atoms with E-state index in [1.165, 1.54) is 0 Å². The molecule has 6 heteroatoms. The number of hydrogen-bond donors (Lipinski definition) is 2. The lowest BCUT2D eigenvalue weighted by molar-refractivity contribution is 0.768. The van der Waals surface area contributed by atoms with Crippen molar-refractivity contribution in [3.05, 3.63) is 24.3 Å². The molecule has 2 N–H and O–H groups in total. The monoisotopic (exact) mass is 260 g/mol. The smallest absolute Gasteiger partial charge is 0.139 e. The van der Waals surface area contributed by atoms with Crippen LogP contribution in [0.3, 0.4) is 0 Å².